The molecular weight excluding hydrogens is 394 g/mol. The van der Waals surface area contributed by atoms with Crippen LogP contribution in [0.15, 0.2) is 60.9 Å². The van der Waals surface area contributed by atoms with Crippen LogP contribution in [0.4, 0.5) is 0 Å². The Morgan fingerprint density at radius 3 is 1.69 bits per heavy atom. The summed E-state index contributed by atoms with van der Waals surface area (Å²) in [6, 6.07) is 17.5. The minimum Gasteiger partial charge on any atom is -0.494 e. The number of nitrogens with zero attached hydrogens (tertiary/aromatic N) is 3. The number of hydrogen-bond donors (Lipinski definition) is 0. The van der Waals surface area contributed by atoms with Gasteiger partial charge in [0.1, 0.15) is 5.75 Å². The highest BCUT2D eigenvalue weighted by molar-refractivity contribution is 5.63. The van der Waals surface area contributed by atoms with E-state index in [0.29, 0.717) is 5.56 Å². The molecular formula is C28H33N3O. The van der Waals surface area contributed by atoms with Crippen LogP contribution in [0.5, 0.6) is 5.75 Å². The zero-order valence-electron chi connectivity index (χ0n) is 19.1. The topological polar surface area (TPSA) is 58.8 Å². The van der Waals surface area contributed by atoms with Crippen LogP contribution < -0.4 is 4.74 Å². The van der Waals surface area contributed by atoms with Crippen molar-refractivity contribution in [2.45, 2.75) is 64.7 Å². The summed E-state index contributed by atoms with van der Waals surface area (Å²) in [5, 5.41) is 8.92. The molecule has 2 aromatic carbocycles. The van der Waals surface area contributed by atoms with Gasteiger partial charge in [0.2, 0.25) is 0 Å². The molecule has 0 aliphatic rings. The van der Waals surface area contributed by atoms with E-state index in [1.807, 2.05) is 36.4 Å². The fourth-order valence-corrected chi connectivity index (χ4v) is 3.67. The average molecular weight is 428 g/mol. The lowest BCUT2D eigenvalue weighted by Gasteiger charge is -2.08. The van der Waals surface area contributed by atoms with Crippen molar-refractivity contribution in [1.82, 2.24) is 9.97 Å². The third-order valence-electron chi connectivity index (χ3n) is 5.63. The van der Waals surface area contributed by atoms with Gasteiger partial charge in [0.15, 0.2) is 0 Å². The van der Waals surface area contributed by atoms with Crippen LogP contribution in [0.3, 0.4) is 0 Å². The van der Waals surface area contributed by atoms with Crippen LogP contribution >= 0.6 is 0 Å². The van der Waals surface area contributed by atoms with Gasteiger partial charge in [-0.3, -0.25) is 9.97 Å². The van der Waals surface area contributed by atoms with Gasteiger partial charge in [-0.2, -0.15) is 5.26 Å². The van der Waals surface area contributed by atoms with Gasteiger partial charge in [0.25, 0.3) is 0 Å². The molecule has 1 aromatic heterocycles. The Balaban J connectivity index is 1.40. The number of aromatic nitrogens is 2. The second kappa shape index (κ2) is 13.3. The van der Waals surface area contributed by atoms with Gasteiger partial charge in [-0.15, -0.1) is 0 Å². The normalized spacial score (nSPS) is 10.6. The van der Waals surface area contributed by atoms with E-state index in [4.69, 9.17) is 10.00 Å². The second-order valence-electron chi connectivity index (χ2n) is 8.18. The van der Waals surface area contributed by atoms with Crippen molar-refractivity contribution in [3.8, 4) is 34.3 Å². The predicted octanol–water partition coefficient (Wildman–Crippen LogP) is 7.59. The molecule has 0 unspecified atom stereocenters. The van der Waals surface area contributed by atoms with Gasteiger partial charge in [0, 0.05) is 11.1 Å². The van der Waals surface area contributed by atoms with E-state index in [1.165, 1.54) is 51.4 Å². The van der Waals surface area contributed by atoms with Gasteiger partial charge < -0.3 is 4.74 Å². The first-order valence-electron chi connectivity index (χ1n) is 11.9. The fraction of sp³-hybridized carbons (Fsp3) is 0.393. The van der Waals surface area contributed by atoms with Crippen molar-refractivity contribution in [2.24, 2.45) is 0 Å². The molecule has 0 atom stereocenters. The number of nitriles is 1. The Morgan fingerprint density at radius 1 is 0.688 bits per heavy atom. The maximum atomic E-state index is 8.92. The molecule has 4 nitrogen and oxygen atoms in total. The fourth-order valence-electron chi connectivity index (χ4n) is 3.67. The average Bonchev–Trinajstić information content (AvgIpc) is 2.86. The van der Waals surface area contributed by atoms with Crippen LogP contribution in [-0.4, -0.2) is 16.6 Å². The van der Waals surface area contributed by atoms with Crippen molar-refractivity contribution in [3.63, 3.8) is 0 Å². The van der Waals surface area contributed by atoms with E-state index in [0.717, 1.165) is 41.3 Å². The van der Waals surface area contributed by atoms with Crippen LogP contribution in [0, 0.1) is 11.3 Å². The van der Waals surface area contributed by atoms with Crippen molar-refractivity contribution in [3.05, 3.63) is 66.5 Å². The highest BCUT2D eigenvalue weighted by atomic mass is 16.5. The Morgan fingerprint density at radius 2 is 1.19 bits per heavy atom. The largest absolute Gasteiger partial charge is 0.494 e. The van der Waals surface area contributed by atoms with E-state index >= 15 is 0 Å². The molecule has 0 fully saturated rings. The molecule has 3 aromatic rings. The summed E-state index contributed by atoms with van der Waals surface area (Å²) in [6.07, 6.45) is 15.4. The SMILES string of the molecule is CCCCCCCCCCCOc1ccc(-c2cnc(-c3ccc(C#N)cc3)cn2)cc1. The molecule has 0 saturated carbocycles. The minimum absolute atomic E-state index is 0.637. The summed E-state index contributed by atoms with van der Waals surface area (Å²) < 4.78 is 5.89. The highest BCUT2D eigenvalue weighted by Gasteiger charge is 2.04. The number of ether oxygens (including phenoxy) is 1. The van der Waals surface area contributed by atoms with Gasteiger partial charge in [-0.25, -0.2) is 0 Å². The Bertz CT molecular complexity index is 958. The van der Waals surface area contributed by atoms with Crippen LogP contribution in [0.2, 0.25) is 0 Å². The number of unbranched alkanes of at least 4 members (excludes halogenated alkanes) is 8. The monoisotopic (exact) mass is 427 g/mol. The maximum absolute atomic E-state index is 8.92. The lowest BCUT2D eigenvalue weighted by molar-refractivity contribution is 0.304. The summed E-state index contributed by atoms with van der Waals surface area (Å²) in [4.78, 5) is 9.09. The molecule has 0 saturated heterocycles. The summed E-state index contributed by atoms with van der Waals surface area (Å²) in [6.45, 7) is 3.03. The molecule has 0 aliphatic heterocycles. The van der Waals surface area contributed by atoms with Gasteiger partial charge >= 0.3 is 0 Å². The summed E-state index contributed by atoms with van der Waals surface area (Å²) in [7, 11) is 0. The molecule has 0 amide bonds. The van der Waals surface area contributed by atoms with E-state index in [2.05, 4.69) is 23.0 Å². The first-order chi connectivity index (χ1) is 15.8. The molecule has 1 heterocycles. The van der Waals surface area contributed by atoms with Crippen LogP contribution in [0.1, 0.15) is 70.3 Å². The quantitative estimate of drug-likeness (QED) is 0.264. The molecule has 3 rings (SSSR count). The molecule has 0 aliphatic carbocycles. The van der Waals surface area contributed by atoms with E-state index < -0.39 is 0 Å². The zero-order chi connectivity index (χ0) is 22.4. The standard InChI is InChI=1S/C28H33N3O/c1-2-3-4-5-6-7-8-9-10-19-32-26-17-15-25(16-18-26)28-22-30-27(21-31-28)24-13-11-23(20-29)12-14-24/h11-18,21-22H,2-10,19H2,1H3. The van der Waals surface area contributed by atoms with Crippen LogP contribution in [0.25, 0.3) is 22.5 Å². The Labute approximate surface area is 192 Å². The van der Waals surface area contributed by atoms with Crippen molar-refractivity contribution in [1.29, 1.82) is 5.26 Å². The Hall–Kier alpha value is -3.19. The number of hydrogen-bond acceptors (Lipinski definition) is 4. The van der Waals surface area contributed by atoms with Gasteiger partial charge in [-0.1, -0.05) is 70.4 Å². The maximum Gasteiger partial charge on any atom is 0.119 e. The molecule has 0 bridgehead atoms. The summed E-state index contributed by atoms with van der Waals surface area (Å²) in [5.41, 5.74) is 4.22. The van der Waals surface area contributed by atoms with Crippen molar-refractivity contribution in [2.75, 3.05) is 6.61 Å². The van der Waals surface area contributed by atoms with E-state index in [9.17, 15) is 0 Å². The van der Waals surface area contributed by atoms with Crippen molar-refractivity contribution >= 4 is 0 Å². The third kappa shape index (κ3) is 7.50. The van der Waals surface area contributed by atoms with Crippen molar-refractivity contribution < 1.29 is 4.74 Å². The molecule has 0 spiro atoms. The second-order valence-corrected chi connectivity index (χ2v) is 8.18. The van der Waals surface area contributed by atoms with Gasteiger partial charge in [-0.05, 0) is 42.8 Å². The lowest BCUT2D eigenvalue weighted by Crippen LogP contribution is -1.97. The highest BCUT2D eigenvalue weighted by Crippen LogP contribution is 2.23. The number of benzene rings is 2. The third-order valence-corrected chi connectivity index (χ3v) is 5.63. The first-order valence-corrected chi connectivity index (χ1v) is 11.9. The molecule has 4 heteroatoms. The number of rotatable bonds is 13. The molecule has 0 N–H and O–H groups in total. The first kappa shape index (κ1) is 23.5. The smallest absolute Gasteiger partial charge is 0.119 e. The Kier molecular flexibility index (Phi) is 9.73. The molecule has 32 heavy (non-hydrogen) atoms. The van der Waals surface area contributed by atoms with Crippen LogP contribution in [-0.2, 0) is 0 Å². The van der Waals surface area contributed by atoms with E-state index in [-0.39, 0.29) is 0 Å². The predicted molar refractivity (Wildman–Crippen MR) is 130 cm³/mol. The molecule has 0 radical (unpaired) electrons. The lowest BCUT2D eigenvalue weighted by atomic mass is 10.1. The summed E-state index contributed by atoms with van der Waals surface area (Å²) in [5.74, 6) is 0.899. The summed E-state index contributed by atoms with van der Waals surface area (Å²) >= 11 is 0. The van der Waals surface area contributed by atoms with Gasteiger partial charge in [0.05, 0.1) is 42.0 Å². The zero-order valence-corrected chi connectivity index (χ0v) is 19.1. The minimum atomic E-state index is 0.637. The molecule has 166 valence electrons. The van der Waals surface area contributed by atoms with E-state index in [1.54, 1.807) is 24.5 Å².